The van der Waals surface area contributed by atoms with Crippen molar-refractivity contribution in [1.82, 2.24) is 10.2 Å². The SMILES string of the molecule is CC1(C2CC2)CN(Cc2cc(Br)cs2)C2(CCCC2)CN1. The zero-order chi connectivity index (χ0) is 14.5. The van der Waals surface area contributed by atoms with Gasteiger partial charge < -0.3 is 5.32 Å². The molecule has 2 saturated carbocycles. The summed E-state index contributed by atoms with van der Waals surface area (Å²) in [5.74, 6) is 0.911. The number of hydrogen-bond donors (Lipinski definition) is 1. The molecule has 2 aliphatic carbocycles. The highest BCUT2D eigenvalue weighted by molar-refractivity contribution is 9.10. The van der Waals surface area contributed by atoms with Crippen molar-refractivity contribution in [2.75, 3.05) is 13.1 Å². The van der Waals surface area contributed by atoms with Crippen LogP contribution in [-0.2, 0) is 6.54 Å². The van der Waals surface area contributed by atoms with Crippen LogP contribution in [-0.4, -0.2) is 29.1 Å². The zero-order valence-electron chi connectivity index (χ0n) is 12.8. The van der Waals surface area contributed by atoms with Crippen LogP contribution in [0.15, 0.2) is 15.9 Å². The van der Waals surface area contributed by atoms with Crippen molar-refractivity contribution in [3.63, 3.8) is 0 Å². The third kappa shape index (κ3) is 2.73. The summed E-state index contributed by atoms with van der Waals surface area (Å²) in [5.41, 5.74) is 0.785. The molecule has 3 aliphatic rings. The molecule has 0 amide bonds. The van der Waals surface area contributed by atoms with Gasteiger partial charge in [-0.25, -0.2) is 0 Å². The molecule has 4 heteroatoms. The number of piperazine rings is 1. The lowest BCUT2D eigenvalue weighted by Gasteiger charge is -2.53. The summed E-state index contributed by atoms with van der Waals surface area (Å²) in [6.07, 6.45) is 8.43. The third-order valence-corrected chi connectivity index (χ3v) is 7.67. The van der Waals surface area contributed by atoms with Crippen molar-refractivity contribution >= 4 is 27.3 Å². The number of halogens is 1. The molecule has 0 radical (unpaired) electrons. The van der Waals surface area contributed by atoms with Crippen LogP contribution >= 0.6 is 27.3 Å². The summed E-state index contributed by atoms with van der Waals surface area (Å²) in [6, 6.07) is 2.31. The maximum absolute atomic E-state index is 3.96. The third-order valence-electron chi connectivity index (χ3n) is 5.99. The molecule has 0 aromatic carbocycles. The van der Waals surface area contributed by atoms with Gasteiger partial charge in [0.1, 0.15) is 0 Å². The average molecular weight is 369 g/mol. The highest BCUT2D eigenvalue weighted by Crippen LogP contribution is 2.46. The van der Waals surface area contributed by atoms with E-state index in [-0.39, 0.29) is 0 Å². The second-order valence-corrected chi connectivity index (χ2v) is 9.48. The van der Waals surface area contributed by atoms with Crippen molar-refractivity contribution in [1.29, 1.82) is 0 Å². The van der Waals surface area contributed by atoms with E-state index < -0.39 is 0 Å². The van der Waals surface area contributed by atoms with Gasteiger partial charge in [-0.2, -0.15) is 0 Å². The number of nitrogens with one attached hydrogen (secondary N) is 1. The molecule has 1 saturated heterocycles. The molecule has 2 heterocycles. The molecular formula is C17H25BrN2S. The lowest BCUT2D eigenvalue weighted by molar-refractivity contribution is 0.0000263. The highest BCUT2D eigenvalue weighted by atomic mass is 79.9. The highest BCUT2D eigenvalue weighted by Gasteiger charge is 2.51. The number of hydrogen-bond acceptors (Lipinski definition) is 3. The first-order valence-corrected chi connectivity index (χ1v) is 10.0. The predicted octanol–water partition coefficient (Wildman–Crippen LogP) is 4.40. The summed E-state index contributed by atoms with van der Waals surface area (Å²) < 4.78 is 1.24. The first kappa shape index (κ1) is 14.7. The molecule has 3 fully saturated rings. The summed E-state index contributed by atoms with van der Waals surface area (Å²) in [7, 11) is 0. The van der Waals surface area contributed by atoms with Gasteiger partial charge in [-0.1, -0.05) is 12.8 Å². The maximum atomic E-state index is 3.96. The Bertz CT molecular complexity index is 519. The first-order chi connectivity index (χ1) is 10.1. The van der Waals surface area contributed by atoms with Crippen LogP contribution in [0.25, 0.3) is 0 Å². The van der Waals surface area contributed by atoms with Gasteiger partial charge in [0.25, 0.3) is 0 Å². The fraction of sp³-hybridized carbons (Fsp3) is 0.765. The van der Waals surface area contributed by atoms with Gasteiger partial charge in [-0.3, -0.25) is 4.90 Å². The average Bonchev–Trinajstić information content (AvgIpc) is 3.10. The van der Waals surface area contributed by atoms with Crippen LogP contribution in [0.2, 0.25) is 0 Å². The van der Waals surface area contributed by atoms with Crippen molar-refractivity contribution in [2.24, 2.45) is 5.92 Å². The van der Waals surface area contributed by atoms with E-state index in [1.54, 1.807) is 0 Å². The van der Waals surface area contributed by atoms with Crippen LogP contribution in [0.3, 0.4) is 0 Å². The van der Waals surface area contributed by atoms with Crippen molar-refractivity contribution in [3.05, 3.63) is 20.8 Å². The van der Waals surface area contributed by atoms with Crippen LogP contribution in [0.5, 0.6) is 0 Å². The minimum Gasteiger partial charge on any atom is -0.308 e. The Kier molecular flexibility index (Phi) is 3.72. The van der Waals surface area contributed by atoms with Crippen LogP contribution in [0, 0.1) is 5.92 Å². The van der Waals surface area contributed by atoms with Crippen LogP contribution < -0.4 is 5.32 Å². The minimum absolute atomic E-state index is 0.350. The Hall–Kier alpha value is 0.1000. The van der Waals surface area contributed by atoms with Gasteiger partial charge in [0.05, 0.1) is 0 Å². The largest absolute Gasteiger partial charge is 0.308 e. The fourth-order valence-electron chi connectivity index (χ4n) is 4.47. The van der Waals surface area contributed by atoms with E-state index in [2.05, 4.69) is 44.5 Å². The van der Waals surface area contributed by atoms with Crippen molar-refractivity contribution in [2.45, 2.75) is 63.1 Å². The Labute approximate surface area is 140 Å². The first-order valence-electron chi connectivity index (χ1n) is 8.33. The van der Waals surface area contributed by atoms with Gasteiger partial charge in [-0.05, 0) is 60.5 Å². The molecule has 116 valence electrons. The van der Waals surface area contributed by atoms with Gasteiger partial charge in [0.2, 0.25) is 0 Å². The smallest absolute Gasteiger partial charge is 0.0338 e. The standard InChI is InChI=1S/C17H25BrN2S/c1-16(13-4-5-13)12-20(9-15-8-14(18)10-21-15)17(11-19-16)6-2-3-7-17/h8,10,13,19H,2-7,9,11-12H2,1H3. The van der Waals surface area contributed by atoms with E-state index in [4.69, 9.17) is 0 Å². The summed E-state index contributed by atoms with van der Waals surface area (Å²) in [4.78, 5) is 4.35. The molecular weight excluding hydrogens is 344 g/mol. The Morgan fingerprint density at radius 2 is 2.14 bits per heavy atom. The molecule has 1 aliphatic heterocycles. The molecule has 1 unspecified atom stereocenters. The molecule has 1 aromatic heterocycles. The summed E-state index contributed by atoms with van der Waals surface area (Å²) >= 11 is 5.51. The monoisotopic (exact) mass is 368 g/mol. The predicted molar refractivity (Wildman–Crippen MR) is 92.8 cm³/mol. The molecule has 4 rings (SSSR count). The zero-order valence-corrected chi connectivity index (χ0v) is 15.2. The number of nitrogens with zero attached hydrogens (tertiary/aromatic N) is 1. The van der Waals surface area contributed by atoms with Gasteiger partial charge in [0, 0.05) is 45.4 Å². The Morgan fingerprint density at radius 1 is 1.38 bits per heavy atom. The molecule has 1 spiro atoms. The van der Waals surface area contributed by atoms with E-state index in [1.807, 2.05) is 11.3 Å². The topological polar surface area (TPSA) is 15.3 Å². The normalized spacial score (nSPS) is 32.9. The van der Waals surface area contributed by atoms with Gasteiger partial charge in [-0.15, -0.1) is 11.3 Å². The second-order valence-electron chi connectivity index (χ2n) is 7.56. The van der Waals surface area contributed by atoms with Crippen LogP contribution in [0.1, 0.15) is 50.3 Å². The lowest BCUT2D eigenvalue weighted by Crippen LogP contribution is -2.68. The minimum atomic E-state index is 0.350. The van der Waals surface area contributed by atoms with E-state index >= 15 is 0 Å². The van der Waals surface area contributed by atoms with Crippen molar-refractivity contribution < 1.29 is 0 Å². The second kappa shape index (κ2) is 5.33. The van der Waals surface area contributed by atoms with E-state index in [0.717, 1.165) is 12.5 Å². The Morgan fingerprint density at radius 3 is 2.76 bits per heavy atom. The summed E-state index contributed by atoms with van der Waals surface area (Å²) in [6.45, 7) is 6.03. The van der Waals surface area contributed by atoms with Gasteiger partial charge in [0.15, 0.2) is 0 Å². The summed E-state index contributed by atoms with van der Waals surface area (Å²) in [5, 5.41) is 6.18. The maximum Gasteiger partial charge on any atom is 0.0338 e. The molecule has 2 nitrogen and oxygen atoms in total. The van der Waals surface area contributed by atoms with Gasteiger partial charge >= 0.3 is 0 Å². The molecule has 0 bridgehead atoms. The fourth-order valence-corrected chi connectivity index (χ4v) is 5.93. The molecule has 1 N–H and O–H groups in total. The van der Waals surface area contributed by atoms with E-state index in [0.29, 0.717) is 11.1 Å². The van der Waals surface area contributed by atoms with Crippen molar-refractivity contribution in [3.8, 4) is 0 Å². The number of thiophene rings is 1. The lowest BCUT2D eigenvalue weighted by atomic mass is 9.83. The van der Waals surface area contributed by atoms with Crippen LogP contribution in [0.4, 0.5) is 0 Å². The Balaban J connectivity index is 1.57. The van der Waals surface area contributed by atoms with E-state index in [1.165, 1.54) is 61.0 Å². The molecule has 1 aromatic rings. The molecule has 1 atom stereocenters. The van der Waals surface area contributed by atoms with E-state index in [9.17, 15) is 0 Å². The number of rotatable bonds is 3. The quantitative estimate of drug-likeness (QED) is 0.850. The molecule has 21 heavy (non-hydrogen) atoms.